The Kier molecular flexibility index (Phi) is 9.45. The average Bonchev–Trinajstić information content (AvgIpc) is 3.21. The summed E-state index contributed by atoms with van der Waals surface area (Å²) in [6, 6.07) is 12.3. The van der Waals surface area contributed by atoms with E-state index in [2.05, 4.69) is 25.7 Å². The molecule has 3 aromatic rings. The summed E-state index contributed by atoms with van der Waals surface area (Å²) in [5, 5.41) is 0.481. The van der Waals surface area contributed by atoms with Crippen molar-refractivity contribution in [2.45, 2.75) is 59.4 Å². The molecule has 1 aliphatic heterocycles. The zero-order valence-corrected chi connectivity index (χ0v) is 23.1. The largest absolute Gasteiger partial charge is 0.490 e. The van der Waals surface area contributed by atoms with Gasteiger partial charge in [-0.3, -0.25) is 9.59 Å². The Morgan fingerprint density at radius 3 is 2.45 bits per heavy atom. The summed E-state index contributed by atoms with van der Waals surface area (Å²) >= 11 is 0. The number of nitrogens with zero attached hydrogens (tertiary/aromatic N) is 2. The maximum absolute atomic E-state index is 13.7. The lowest BCUT2D eigenvalue weighted by Crippen LogP contribution is -2.33. The van der Waals surface area contributed by atoms with Crippen LogP contribution in [0.5, 0.6) is 11.5 Å². The lowest BCUT2D eigenvalue weighted by atomic mass is 9.98. The molecule has 38 heavy (non-hydrogen) atoms. The number of ether oxygens (including phenoxy) is 2. The fourth-order valence-electron chi connectivity index (χ4n) is 5.17. The van der Waals surface area contributed by atoms with Gasteiger partial charge in [0.05, 0.1) is 30.2 Å². The molecule has 0 aliphatic carbocycles. The van der Waals surface area contributed by atoms with Crippen LogP contribution in [0.25, 0.3) is 11.0 Å². The van der Waals surface area contributed by atoms with Crippen LogP contribution in [-0.4, -0.2) is 55.1 Å². The third-order valence-electron chi connectivity index (χ3n) is 7.23. The molecule has 1 aromatic heterocycles. The number of amides is 1. The number of hydrogen-bond donors (Lipinski definition) is 0. The standard InChI is InChI=1S/C31H40N2O5/c1-5-9-12-20-37-25-17-16-22(21-26(25)36-8-4)28-27-29(34)23-14-10-11-15-24(23)38-30(27)31(35)33(28)19-13-18-32(6-2)7-3/h10-11,14-17,21,28H,5-9,12-13,18-20H2,1-4H3. The van der Waals surface area contributed by atoms with Crippen LogP contribution in [0.15, 0.2) is 51.7 Å². The number of carbonyl (C=O) groups is 1. The lowest BCUT2D eigenvalue weighted by Gasteiger charge is -2.27. The van der Waals surface area contributed by atoms with Crippen molar-refractivity contribution in [3.05, 3.63) is 69.6 Å². The highest BCUT2D eigenvalue weighted by Crippen LogP contribution is 2.41. The van der Waals surface area contributed by atoms with Crippen LogP contribution in [0.1, 0.15) is 81.1 Å². The van der Waals surface area contributed by atoms with E-state index in [9.17, 15) is 9.59 Å². The minimum atomic E-state index is -0.552. The van der Waals surface area contributed by atoms with E-state index in [1.807, 2.05) is 37.3 Å². The van der Waals surface area contributed by atoms with Gasteiger partial charge in [0.2, 0.25) is 5.76 Å². The second-order valence-corrected chi connectivity index (χ2v) is 9.65. The highest BCUT2D eigenvalue weighted by atomic mass is 16.5. The topological polar surface area (TPSA) is 72.2 Å². The monoisotopic (exact) mass is 520 g/mol. The van der Waals surface area contributed by atoms with E-state index in [1.54, 1.807) is 17.0 Å². The average molecular weight is 521 g/mol. The van der Waals surface area contributed by atoms with E-state index in [1.165, 1.54) is 0 Å². The highest BCUT2D eigenvalue weighted by molar-refractivity contribution is 5.99. The number of hydrogen-bond acceptors (Lipinski definition) is 6. The van der Waals surface area contributed by atoms with Gasteiger partial charge in [0, 0.05) is 6.54 Å². The van der Waals surface area contributed by atoms with E-state index in [0.29, 0.717) is 47.8 Å². The maximum Gasteiger partial charge on any atom is 0.290 e. The van der Waals surface area contributed by atoms with Crippen LogP contribution in [0.4, 0.5) is 0 Å². The number of fused-ring (bicyclic) bond motifs is 2. The fourth-order valence-corrected chi connectivity index (χ4v) is 5.17. The molecule has 7 heteroatoms. The first-order valence-corrected chi connectivity index (χ1v) is 14.0. The number of para-hydroxylation sites is 1. The summed E-state index contributed by atoms with van der Waals surface area (Å²) in [6.45, 7) is 12.8. The van der Waals surface area contributed by atoms with Crippen LogP contribution in [-0.2, 0) is 0 Å². The van der Waals surface area contributed by atoms with Crippen LogP contribution >= 0.6 is 0 Å². The molecule has 0 spiro atoms. The first-order valence-electron chi connectivity index (χ1n) is 14.0. The SMILES string of the molecule is CCCCCOc1ccc(C2c3c(oc4ccccc4c3=O)C(=O)N2CCCN(CC)CC)cc1OCC. The summed E-state index contributed by atoms with van der Waals surface area (Å²) in [5.74, 6) is 1.19. The lowest BCUT2D eigenvalue weighted by molar-refractivity contribution is 0.0720. The third kappa shape index (κ3) is 5.73. The Morgan fingerprint density at radius 2 is 1.71 bits per heavy atom. The van der Waals surface area contributed by atoms with E-state index < -0.39 is 6.04 Å². The van der Waals surface area contributed by atoms with Gasteiger partial charge in [0.15, 0.2) is 16.9 Å². The van der Waals surface area contributed by atoms with Crippen molar-refractivity contribution in [2.75, 3.05) is 39.4 Å². The zero-order chi connectivity index (χ0) is 27.1. The Labute approximate surface area is 225 Å². The van der Waals surface area contributed by atoms with Crippen molar-refractivity contribution in [3.63, 3.8) is 0 Å². The minimum absolute atomic E-state index is 0.138. The van der Waals surface area contributed by atoms with Crippen LogP contribution < -0.4 is 14.9 Å². The quantitative estimate of drug-likeness (QED) is 0.241. The van der Waals surface area contributed by atoms with Crippen molar-refractivity contribution in [3.8, 4) is 11.5 Å². The summed E-state index contributed by atoms with van der Waals surface area (Å²) in [6.07, 6.45) is 4.00. The molecule has 0 radical (unpaired) electrons. The Bertz CT molecular complexity index is 1300. The fraction of sp³-hybridized carbons (Fsp3) is 0.484. The molecule has 1 unspecified atom stereocenters. The van der Waals surface area contributed by atoms with Crippen LogP contribution in [0.2, 0.25) is 0 Å². The van der Waals surface area contributed by atoms with Gasteiger partial charge in [0.1, 0.15) is 5.58 Å². The minimum Gasteiger partial charge on any atom is -0.490 e. The number of unbranched alkanes of at least 4 members (excludes halogenated alkanes) is 2. The molecule has 0 bridgehead atoms. The number of carbonyl (C=O) groups excluding carboxylic acids is 1. The number of benzene rings is 2. The molecule has 1 amide bonds. The van der Waals surface area contributed by atoms with Gasteiger partial charge in [-0.15, -0.1) is 0 Å². The Morgan fingerprint density at radius 1 is 0.921 bits per heavy atom. The summed E-state index contributed by atoms with van der Waals surface area (Å²) in [4.78, 5) is 31.6. The first-order chi connectivity index (χ1) is 18.5. The molecule has 204 valence electrons. The van der Waals surface area contributed by atoms with Gasteiger partial charge in [0.25, 0.3) is 5.91 Å². The molecule has 1 aliphatic rings. The molecular formula is C31H40N2O5. The molecule has 0 fully saturated rings. The van der Waals surface area contributed by atoms with Gasteiger partial charge in [-0.1, -0.05) is 51.8 Å². The Hall–Kier alpha value is -3.32. The molecule has 0 saturated heterocycles. The predicted molar refractivity (Wildman–Crippen MR) is 150 cm³/mol. The van der Waals surface area contributed by atoms with Gasteiger partial charge in [-0.25, -0.2) is 0 Å². The van der Waals surface area contributed by atoms with E-state index in [0.717, 1.165) is 50.9 Å². The number of rotatable bonds is 14. The van der Waals surface area contributed by atoms with Crippen LogP contribution in [0.3, 0.4) is 0 Å². The van der Waals surface area contributed by atoms with Gasteiger partial charge < -0.3 is 23.7 Å². The molecule has 2 heterocycles. The molecule has 0 N–H and O–H groups in total. The molecule has 1 atom stereocenters. The summed E-state index contributed by atoms with van der Waals surface area (Å²) in [5.41, 5.74) is 1.48. The second-order valence-electron chi connectivity index (χ2n) is 9.65. The second kappa shape index (κ2) is 13.0. The molecule has 4 rings (SSSR count). The van der Waals surface area contributed by atoms with Gasteiger partial charge in [-0.2, -0.15) is 0 Å². The normalized spacial score (nSPS) is 14.9. The molecule has 2 aromatic carbocycles. The maximum atomic E-state index is 13.7. The van der Waals surface area contributed by atoms with Crippen molar-refractivity contribution >= 4 is 16.9 Å². The zero-order valence-electron chi connectivity index (χ0n) is 23.1. The van der Waals surface area contributed by atoms with E-state index in [4.69, 9.17) is 13.9 Å². The Balaban J connectivity index is 1.75. The molecular weight excluding hydrogens is 480 g/mol. The first kappa shape index (κ1) is 27.7. The van der Waals surface area contributed by atoms with Crippen LogP contribution in [0, 0.1) is 0 Å². The predicted octanol–water partition coefficient (Wildman–Crippen LogP) is 6.04. The van der Waals surface area contributed by atoms with E-state index in [-0.39, 0.29) is 17.1 Å². The molecule has 7 nitrogen and oxygen atoms in total. The summed E-state index contributed by atoms with van der Waals surface area (Å²) in [7, 11) is 0. The van der Waals surface area contributed by atoms with Crippen molar-refractivity contribution < 1.29 is 18.7 Å². The van der Waals surface area contributed by atoms with Crippen molar-refractivity contribution in [2.24, 2.45) is 0 Å². The third-order valence-corrected chi connectivity index (χ3v) is 7.23. The van der Waals surface area contributed by atoms with E-state index >= 15 is 0 Å². The molecule has 0 saturated carbocycles. The van der Waals surface area contributed by atoms with Crippen molar-refractivity contribution in [1.29, 1.82) is 0 Å². The van der Waals surface area contributed by atoms with Gasteiger partial charge >= 0.3 is 0 Å². The van der Waals surface area contributed by atoms with Gasteiger partial charge in [-0.05, 0) is 69.2 Å². The highest BCUT2D eigenvalue weighted by Gasteiger charge is 2.42. The summed E-state index contributed by atoms with van der Waals surface area (Å²) < 4.78 is 18.1. The van der Waals surface area contributed by atoms with Crippen molar-refractivity contribution in [1.82, 2.24) is 9.80 Å². The smallest absolute Gasteiger partial charge is 0.290 e.